The number of nitrogens with one attached hydrogen (secondary N) is 1. The molecule has 0 saturated heterocycles. The first kappa shape index (κ1) is 61.2. The molecule has 31 heteroatoms. The van der Waals surface area contributed by atoms with E-state index in [-0.39, 0.29) is 41.6 Å². The summed E-state index contributed by atoms with van der Waals surface area (Å²) in [5, 5.41) is 8.62. The van der Waals surface area contributed by atoms with E-state index in [4.69, 9.17) is 16.1 Å². The molecule has 0 radical (unpaired) electrons. The maximum Gasteiger partial charge on any atom is 0.524 e. The number of phosphoric acid groups is 1. The number of aromatic nitrogens is 5. The minimum atomic E-state index is -5.31. The van der Waals surface area contributed by atoms with Crippen molar-refractivity contribution >= 4 is 67.8 Å². The molecule has 2 aliphatic carbocycles. The number of fused-ring (bicyclic) bond motifs is 4. The highest BCUT2D eigenvalue weighted by Gasteiger charge is 2.71. The van der Waals surface area contributed by atoms with Crippen LogP contribution in [0.3, 0.4) is 0 Å². The number of carbonyl (C=O) groups is 2. The number of anilines is 1. The average Bonchev–Trinajstić information content (AvgIpc) is 1.68. The number of nitrogens with zero attached hydrogens (tertiary/aromatic N) is 6. The fourth-order valence-electron chi connectivity index (χ4n) is 9.61. The summed E-state index contributed by atoms with van der Waals surface area (Å²) in [6, 6.07) is 9.66. The van der Waals surface area contributed by atoms with Crippen molar-refractivity contribution in [2.45, 2.75) is 88.6 Å². The third kappa shape index (κ3) is 12.3. The number of halogens is 11. The van der Waals surface area contributed by atoms with Gasteiger partial charge in [-0.1, -0.05) is 67.8 Å². The van der Waals surface area contributed by atoms with E-state index in [1.807, 2.05) is 0 Å². The van der Waals surface area contributed by atoms with E-state index in [0.29, 0.717) is 12.3 Å². The number of sulfonamides is 1. The van der Waals surface area contributed by atoms with Gasteiger partial charge in [-0.05, 0) is 80.1 Å². The van der Waals surface area contributed by atoms with Gasteiger partial charge < -0.3 is 9.84 Å². The van der Waals surface area contributed by atoms with E-state index < -0.39 is 179 Å². The van der Waals surface area contributed by atoms with Gasteiger partial charge in [-0.3, -0.25) is 28.7 Å². The van der Waals surface area contributed by atoms with Crippen LogP contribution >= 0.6 is 19.4 Å². The first-order valence-electron chi connectivity index (χ1n) is 23.9. The second kappa shape index (κ2) is 20.8. The summed E-state index contributed by atoms with van der Waals surface area (Å²) < 4.78 is 218. The Morgan fingerprint density at radius 2 is 1.55 bits per heavy atom. The van der Waals surface area contributed by atoms with E-state index in [2.05, 4.69) is 38.9 Å². The number of sulfone groups is 1. The highest BCUT2D eigenvalue weighted by molar-refractivity contribution is 7.93. The Kier molecular flexibility index (Phi) is 15.5. The summed E-state index contributed by atoms with van der Waals surface area (Å²) in [5.74, 6) is -8.69. The molecule has 1 fully saturated rings. The number of benzene rings is 3. The first-order chi connectivity index (χ1) is 37.5. The summed E-state index contributed by atoms with van der Waals surface area (Å²) in [5.41, 5.74) is -8.72. The predicted molar refractivity (Wildman–Crippen MR) is 276 cm³/mol. The summed E-state index contributed by atoms with van der Waals surface area (Å²) in [7, 11) is -14.2. The van der Waals surface area contributed by atoms with Crippen LogP contribution in [0.25, 0.3) is 22.0 Å². The van der Waals surface area contributed by atoms with E-state index in [1.165, 1.54) is 45.9 Å². The molecule has 0 bridgehead atoms. The van der Waals surface area contributed by atoms with Crippen LogP contribution < -0.4 is 14.1 Å². The van der Waals surface area contributed by atoms with E-state index in [1.54, 1.807) is 0 Å². The van der Waals surface area contributed by atoms with Crippen LogP contribution in [-0.2, 0) is 72.0 Å². The lowest BCUT2D eigenvalue weighted by molar-refractivity contribution is -0.143. The third-order valence-electron chi connectivity index (χ3n) is 13.5. The highest BCUT2D eigenvalue weighted by atomic mass is 35.5. The number of phosphoric ester groups is 1. The lowest BCUT2D eigenvalue weighted by atomic mass is 9.84. The number of carbonyl (C=O) groups excluding carboxylic acids is 2. The molecule has 2 aliphatic rings. The summed E-state index contributed by atoms with van der Waals surface area (Å²) in [4.78, 5) is 52.8. The van der Waals surface area contributed by atoms with Crippen LogP contribution in [0.5, 0.6) is 5.75 Å². The fourth-order valence-corrected chi connectivity index (χ4v) is 11.5. The number of hydrogen-bond acceptors (Lipinski definition) is 11. The lowest BCUT2D eigenvalue weighted by Crippen LogP contribution is -2.45. The van der Waals surface area contributed by atoms with Crippen LogP contribution in [0.4, 0.5) is 49.7 Å². The molecule has 17 nitrogen and oxygen atoms in total. The van der Waals surface area contributed by atoms with Crippen molar-refractivity contribution in [3.63, 3.8) is 0 Å². The van der Waals surface area contributed by atoms with Gasteiger partial charge in [-0.15, -0.1) is 0 Å². The standard InChI is InChI=1S/C51H45ClF10N7O10PS2/c1-25-37-39-43(51(60,61)62)65-67(44(39)50(58,59)40(25)37)23-36(70)64-34(20-26-18-28(53)21-29(54)19-26)41-31(13-12-30(63-41)16-17-48(4,5)81(6,75)76)32-14-15-33(52)38-42(32)68(24-49(55,56)57)66-45(38)69(82(7,77)78)46(71)47(2,3)22-27-10-8-9-11-35(27)79-80(72,73)74/h8-15,18-19,21,34,37,40H,1,20,22-24H2,2-7H3,(H,64,70)(H2,72,73,74)/t34-,37+,40+/m0/s1. The molecule has 1 saturated carbocycles. The summed E-state index contributed by atoms with van der Waals surface area (Å²) in [6.45, 7) is 4.86. The van der Waals surface area contributed by atoms with Crippen LogP contribution in [0.2, 0.25) is 5.02 Å². The number of hydrogen-bond donors (Lipinski definition) is 3. The molecule has 3 heterocycles. The minimum Gasteiger partial charge on any atom is -0.404 e. The van der Waals surface area contributed by atoms with Crippen LogP contribution in [0.15, 0.2) is 78.9 Å². The number of amides is 2. The Morgan fingerprint density at radius 1 is 0.927 bits per heavy atom. The van der Waals surface area contributed by atoms with E-state index in [0.717, 1.165) is 48.7 Å². The Morgan fingerprint density at radius 3 is 2.13 bits per heavy atom. The summed E-state index contributed by atoms with van der Waals surface area (Å²) in [6.07, 6.45) is -10.5. The zero-order valence-corrected chi connectivity index (χ0v) is 46.7. The number of rotatable bonds is 16. The topological polar surface area (TPSA) is 233 Å². The van der Waals surface area contributed by atoms with Crippen molar-refractivity contribution < 1.29 is 89.2 Å². The third-order valence-corrected chi connectivity index (χ3v) is 17.2. The first-order valence-corrected chi connectivity index (χ1v) is 29.5. The Labute approximate surface area is 465 Å². The number of para-hydroxylation sites is 1. The van der Waals surface area contributed by atoms with Crippen molar-refractivity contribution in [3.8, 4) is 28.7 Å². The molecule has 3 N–H and O–H groups in total. The van der Waals surface area contributed by atoms with Crippen molar-refractivity contribution in [1.29, 1.82) is 0 Å². The zero-order chi connectivity index (χ0) is 61.0. The molecule has 82 heavy (non-hydrogen) atoms. The molecule has 0 spiro atoms. The second-order valence-corrected chi connectivity index (χ2v) is 26.6. The van der Waals surface area contributed by atoms with Gasteiger partial charge in [-0.25, -0.2) is 35.2 Å². The molecule has 0 unspecified atom stereocenters. The van der Waals surface area contributed by atoms with Crippen molar-refractivity contribution in [2.24, 2.45) is 11.3 Å². The quantitative estimate of drug-likeness (QED) is 0.0355. The predicted octanol–water partition coefficient (Wildman–Crippen LogP) is 9.49. The van der Waals surface area contributed by atoms with Crippen molar-refractivity contribution in [1.82, 2.24) is 29.9 Å². The molecule has 3 aromatic carbocycles. The van der Waals surface area contributed by atoms with E-state index in [9.17, 15) is 75.9 Å². The zero-order valence-electron chi connectivity index (χ0n) is 43.4. The Hall–Kier alpha value is -6.83. The van der Waals surface area contributed by atoms with Gasteiger partial charge in [0.25, 0.3) is 5.92 Å². The van der Waals surface area contributed by atoms with Gasteiger partial charge in [0.05, 0.1) is 39.8 Å². The van der Waals surface area contributed by atoms with Gasteiger partial charge >= 0.3 is 20.2 Å². The van der Waals surface area contributed by atoms with Crippen LogP contribution in [0.1, 0.15) is 79.1 Å². The van der Waals surface area contributed by atoms with Crippen LogP contribution in [-0.4, -0.2) is 86.4 Å². The largest absolute Gasteiger partial charge is 0.524 e. The van der Waals surface area contributed by atoms with Gasteiger partial charge in [0.15, 0.2) is 21.3 Å². The van der Waals surface area contributed by atoms with Gasteiger partial charge in [-0.2, -0.15) is 49.6 Å². The molecule has 6 aromatic rings. The molecular formula is C51H45ClF10N7O10PS2. The smallest absolute Gasteiger partial charge is 0.404 e. The molecule has 438 valence electrons. The molecule has 3 aromatic heterocycles. The average molecular weight is 1240 g/mol. The van der Waals surface area contributed by atoms with Gasteiger partial charge in [0, 0.05) is 40.3 Å². The number of allylic oxidation sites excluding steroid dienone is 1. The van der Waals surface area contributed by atoms with Crippen molar-refractivity contribution in [3.05, 3.63) is 135 Å². The maximum absolute atomic E-state index is 15.9. The summed E-state index contributed by atoms with van der Waals surface area (Å²) >= 11 is 6.77. The number of alkyl halides is 8. The fraction of sp³-hybridized carbons (Fsp3) is 0.353. The highest BCUT2D eigenvalue weighted by Crippen LogP contribution is 2.71. The lowest BCUT2D eigenvalue weighted by Gasteiger charge is -2.30. The minimum absolute atomic E-state index is 0.0404. The van der Waals surface area contributed by atoms with Crippen molar-refractivity contribution in [2.75, 3.05) is 16.8 Å². The van der Waals surface area contributed by atoms with Gasteiger partial charge in [0.2, 0.25) is 21.8 Å². The molecule has 0 aliphatic heterocycles. The van der Waals surface area contributed by atoms with Crippen LogP contribution in [0, 0.1) is 34.8 Å². The molecule has 8 rings (SSSR count). The SMILES string of the molecule is C=C1[C@@H]2c3c(C(F)(F)F)nn(CC(=O)N[C@@H](Cc4cc(F)cc(F)c4)c4nc(C#CC(C)(C)S(C)(=O)=O)ccc4-c4ccc(Cl)c5c(N(C(=O)C(C)(C)Cc6ccccc6OP(=O)(O)O)S(C)(=O)=O)nn(CC(F)(F)F)c45)c3C(F)(F)[C@H]12. The monoisotopic (exact) mass is 1240 g/mol. The normalized spacial score (nSPS) is 16.7. The molecule has 2 amide bonds. The Balaban J connectivity index is 1.36. The molecule has 3 atom stereocenters. The van der Waals surface area contributed by atoms with E-state index >= 15 is 8.78 Å². The Bertz CT molecular complexity index is 4000. The maximum atomic E-state index is 15.9. The second-order valence-electron chi connectivity index (χ2n) is 20.7. The number of pyridine rings is 1. The van der Waals surface area contributed by atoms with Gasteiger partial charge in [0.1, 0.15) is 46.6 Å². The molecular weight excluding hydrogens is 1190 g/mol.